The molecule has 17 heavy (non-hydrogen) atoms. The number of rotatable bonds is 2. The fourth-order valence-corrected chi connectivity index (χ4v) is 1.44. The molecule has 0 aliphatic carbocycles. The molecule has 2 rings (SSSR count). The summed E-state index contributed by atoms with van der Waals surface area (Å²) in [6.07, 6.45) is 1.27. The first-order valence-corrected chi connectivity index (χ1v) is 5.18. The minimum absolute atomic E-state index is 0.260. The molecular weight excluding hydrogens is 240 g/mol. The molecule has 6 heteroatoms. The van der Waals surface area contributed by atoms with Crippen molar-refractivity contribution in [1.82, 2.24) is 9.97 Å². The highest BCUT2D eigenvalue weighted by molar-refractivity contribution is 6.29. The molecule has 1 aromatic heterocycles. The van der Waals surface area contributed by atoms with E-state index in [0.29, 0.717) is 17.1 Å². The van der Waals surface area contributed by atoms with Crippen molar-refractivity contribution in [2.24, 2.45) is 0 Å². The van der Waals surface area contributed by atoms with E-state index < -0.39 is 0 Å². The number of carbonyl (C=O) groups is 1. The second kappa shape index (κ2) is 4.80. The summed E-state index contributed by atoms with van der Waals surface area (Å²) >= 11 is 5.68. The SMILES string of the molecule is Nc1ccccc1C(=O)Nc1cc(Cl)ncn1. The number of carbonyl (C=O) groups excluding carboxylic acids is 1. The van der Waals surface area contributed by atoms with E-state index >= 15 is 0 Å². The molecular formula is C11H9ClN4O. The summed E-state index contributed by atoms with van der Waals surface area (Å²) in [5, 5.41) is 2.85. The molecule has 0 saturated carbocycles. The van der Waals surface area contributed by atoms with E-state index in [0.717, 1.165) is 0 Å². The molecule has 0 fully saturated rings. The van der Waals surface area contributed by atoms with Crippen LogP contribution in [-0.4, -0.2) is 15.9 Å². The van der Waals surface area contributed by atoms with Crippen LogP contribution in [0.2, 0.25) is 5.15 Å². The number of amides is 1. The van der Waals surface area contributed by atoms with Crippen LogP contribution in [0.3, 0.4) is 0 Å². The lowest BCUT2D eigenvalue weighted by Crippen LogP contribution is -2.14. The zero-order valence-corrected chi connectivity index (χ0v) is 9.48. The fraction of sp³-hybridized carbons (Fsp3) is 0. The van der Waals surface area contributed by atoms with E-state index in [2.05, 4.69) is 15.3 Å². The standard InChI is InChI=1S/C11H9ClN4O/c12-9-5-10(15-6-14-9)16-11(17)7-3-1-2-4-8(7)13/h1-6H,13H2,(H,14,15,16,17). The van der Waals surface area contributed by atoms with Gasteiger partial charge in [0.05, 0.1) is 5.56 Å². The van der Waals surface area contributed by atoms with E-state index in [1.807, 2.05) is 0 Å². The smallest absolute Gasteiger partial charge is 0.258 e. The van der Waals surface area contributed by atoms with Gasteiger partial charge < -0.3 is 11.1 Å². The fourth-order valence-electron chi connectivity index (χ4n) is 1.29. The number of benzene rings is 1. The van der Waals surface area contributed by atoms with Gasteiger partial charge in [-0.05, 0) is 12.1 Å². The van der Waals surface area contributed by atoms with Crippen molar-refractivity contribution in [1.29, 1.82) is 0 Å². The van der Waals surface area contributed by atoms with Gasteiger partial charge in [0.25, 0.3) is 5.91 Å². The lowest BCUT2D eigenvalue weighted by atomic mass is 10.1. The monoisotopic (exact) mass is 248 g/mol. The summed E-state index contributed by atoms with van der Waals surface area (Å²) in [4.78, 5) is 19.4. The Bertz CT molecular complexity index is 559. The van der Waals surface area contributed by atoms with E-state index in [1.165, 1.54) is 12.4 Å². The third-order valence-corrected chi connectivity index (χ3v) is 2.29. The molecule has 0 saturated heterocycles. The van der Waals surface area contributed by atoms with Crippen molar-refractivity contribution >= 4 is 29.0 Å². The van der Waals surface area contributed by atoms with Crippen molar-refractivity contribution < 1.29 is 4.79 Å². The number of para-hydroxylation sites is 1. The molecule has 1 aromatic carbocycles. The normalized spacial score (nSPS) is 9.94. The van der Waals surface area contributed by atoms with Crippen molar-refractivity contribution in [2.75, 3.05) is 11.1 Å². The molecule has 0 atom stereocenters. The molecule has 0 aliphatic rings. The first kappa shape index (κ1) is 11.3. The predicted octanol–water partition coefficient (Wildman–Crippen LogP) is 1.96. The van der Waals surface area contributed by atoms with Gasteiger partial charge in [0, 0.05) is 11.8 Å². The highest BCUT2D eigenvalue weighted by Gasteiger charge is 2.09. The summed E-state index contributed by atoms with van der Waals surface area (Å²) < 4.78 is 0. The minimum atomic E-state index is -0.335. The van der Waals surface area contributed by atoms with E-state index in [4.69, 9.17) is 17.3 Å². The van der Waals surface area contributed by atoms with Crippen LogP contribution in [0.1, 0.15) is 10.4 Å². The number of nitrogen functional groups attached to an aromatic ring is 1. The quantitative estimate of drug-likeness (QED) is 0.629. The number of aromatic nitrogens is 2. The van der Waals surface area contributed by atoms with E-state index in [9.17, 15) is 4.79 Å². The highest BCUT2D eigenvalue weighted by Crippen LogP contribution is 2.14. The van der Waals surface area contributed by atoms with Gasteiger partial charge in [0.15, 0.2) is 0 Å². The number of nitrogens with one attached hydrogen (secondary N) is 1. The van der Waals surface area contributed by atoms with Gasteiger partial charge in [-0.15, -0.1) is 0 Å². The number of hydrogen-bond acceptors (Lipinski definition) is 4. The number of nitrogens with two attached hydrogens (primary N) is 1. The van der Waals surface area contributed by atoms with Gasteiger partial charge >= 0.3 is 0 Å². The Morgan fingerprint density at radius 1 is 1.29 bits per heavy atom. The van der Waals surface area contributed by atoms with Crippen LogP contribution in [0.25, 0.3) is 0 Å². The van der Waals surface area contributed by atoms with Crippen LogP contribution in [0.15, 0.2) is 36.7 Å². The summed E-state index contributed by atoms with van der Waals surface area (Å²) in [6, 6.07) is 8.24. The third kappa shape index (κ3) is 2.70. The second-order valence-electron chi connectivity index (χ2n) is 3.27. The van der Waals surface area contributed by atoms with Crippen molar-refractivity contribution in [3.63, 3.8) is 0 Å². The summed E-state index contributed by atoms with van der Waals surface area (Å²) in [5.41, 5.74) is 6.48. The van der Waals surface area contributed by atoms with Gasteiger partial charge in [-0.3, -0.25) is 4.79 Å². The summed E-state index contributed by atoms with van der Waals surface area (Å²) in [6.45, 7) is 0. The Kier molecular flexibility index (Phi) is 3.20. The van der Waals surface area contributed by atoms with Crippen molar-refractivity contribution in [3.05, 3.63) is 47.4 Å². The van der Waals surface area contributed by atoms with Gasteiger partial charge in [-0.1, -0.05) is 23.7 Å². The zero-order chi connectivity index (χ0) is 12.3. The van der Waals surface area contributed by atoms with E-state index in [1.54, 1.807) is 24.3 Å². The molecule has 0 radical (unpaired) electrons. The van der Waals surface area contributed by atoms with Crippen LogP contribution in [0, 0.1) is 0 Å². The predicted molar refractivity (Wildman–Crippen MR) is 65.8 cm³/mol. The van der Waals surface area contributed by atoms with Crippen LogP contribution in [-0.2, 0) is 0 Å². The zero-order valence-electron chi connectivity index (χ0n) is 8.72. The van der Waals surface area contributed by atoms with Crippen LogP contribution < -0.4 is 11.1 Å². The van der Waals surface area contributed by atoms with Gasteiger partial charge in [0.2, 0.25) is 0 Å². The summed E-state index contributed by atoms with van der Waals surface area (Å²) in [5.74, 6) is -0.00359. The minimum Gasteiger partial charge on any atom is -0.398 e. The molecule has 86 valence electrons. The molecule has 5 nitrogen and oxygen atoms in total. The van der Waals surface area contributed by atoms with E-state index in [-0.39, 0.29) is 11.1 Å². The maximum absolute atomic E-state index is 11.9. The Morgan fingerprint density at radius 3 is 2.76 bits per heavy atom. The molecule has 0 aliphatic heterocycles. The third-order valence-electron chi connectivity index (χ3n) is 2.08. The molecule has 1 amide bonds. The van der Waals surface area contributed by atoms with Crippen LogP contribution >= 0.6 is 11.6 Å². The Hall–Kier alpha value is -2.14. The second-order valence-corrected chi connectivity index (χ2v) is 3.65. The first-order chi connectivity index (χ1) is 8.16. The average molecular weight is 249 g/mol. The molecule has 0 spiro atoms. The lowest BCUT2D eigenvalue weighted by Gasteiger charge is -2.06. The molecule has 2 aromatic rings. The molecule has 1 heterocycles. The highest BCUT2D eigenvalue weighted by atomic mass is 35.5. The van der Waals surface area contributed by atoms with Crippen molar-refractivity contribution in [2.45, 2.75) is 0 Å². The van der Waals surface area contributed by atoms with Crippen molar-refractivity contribution in [3.8, 4) is 0 Å². The number of nitrogens with zero attached hydrogens (tertiary/aromatic N) is 2. The van der Waals surface area contributed by atoms with Crippen LogP contribution in [0.5, 0.6) is 0 Å². The Labute approximate surface area is 103 Å². The van der Waals surface area contributed by atoms with Gasteiger partial charge in [0.1, 0.15) is 17.3 Å². The summed E-state index contributed by atoms with van der Waals surface area (Å²) in [7, 11) is 0. The maximum Gasteiger partial charge on any atom is 0.258 e. The Balaban J connectivity index is 2.20. The number of anilines is 2. The van der Waals surface area contributed by atoms with Gasteiger partial charge in [-0.25, -0.2) is 9.97 Å². The largest absolute Gasteiger partial charge is 0.398 e. The average Bonchev–Trinajstić information content (AvgIpc) is 2.29. The molecule has 0 bridgehead atoms. The maximum atomic E-state index is 11.9. The first-order valence-electron chi connectivity index (χ1n) is 4.80. The Morgan fingerprint density at radius 2 is 2.06 bits per heavy atom. The molecule has 3 N–H and O–H groups in total. The topological polar surface area (TPSA) is 80.9 Å². The number of halogens is 1. The number of hydrogen-bond donors (Lipinski definition) is 2. The van der Waals surface area contributed by atoms with Crippen LogP contribution in [0.4, 0.5) is 11.5 Å². The van der Waals surface area contributed by atoms with Gasteiger partial charge in [-0.2, -0.15) is 0 Å². The lowest BCUT2D eigenvalue weighted by molar-refractivity contribution is 0.102. The molecule has 0 unspecified atom stereocenters.